The van der Waals surface area contributed by atoms with Crippen molar-refractivity contribution in [3.63, 3.8) is 0 Å². The third-order valence-corrected chi connectivity index (χ3v) is 7.96. The lowest BCUT2D eigenvalue weighted by Crippen LogP contribution is -2.24. The van der Waals surface area contributed by atoms with Crippen LogP contribution in [0.3, 0.4) is 0 Å². The van der Waals surface area contributed by atoms with Crippen molar-refractivity contribution in [3.05, 3.63) is 60.0 Å². The molecule has 3 N–H and O–H groups in total. The second-order valence-corrected chi connectivity index (χ2v) is 10.4. The van der Waals surface area contributed by atoms with Crippen LogP contribution in [0.1, 0.15) is 18.4 Å². The van der Waals surface area contributed by atoms with E-state index in [9.17, 15) is 13.0 Å². The van der Waals surface area contributed by atoms with Crippen molar-refractivity contribution >= 4 is 16.6 Å². The number of anilines is 1. The summed E-state index contributed by atoms with van der Waals surface area (Å²) in [7, 11) is -1.11. The molecule has 198 valence electrons. The van der Waals surface area contributed by atoms with Gasteiger partial charge in [0.2, 0.25) is 0 Å². The first-order valence-corrected chi connectivity index (χ1v) is 13.4. The quantitative estimate of drug-likeness (QED) is 0.303. The molecular weight excluding hydrogens is 514 g/mol. The number of ether oxygens (including phenoxy) is 1. The van der Waals surface area contributed by atoms with E-state index in [1.165, 1.54) is 18.3 Å². The maximum absolute atomic E-state index is 14.7. The lowest BCUT2D eigenvalue weighted by molar-refractivity contribution is 0.0992. The zero-order chi connectivity index (χ0) is 26.5. The van der Waals surface area contributed by atoms with E-state index < -0.39 is 23.3 Å². The van der Waals surface area contributed by atoms with Gasteiger partial charge in [0.15, 0.2) is 11.5 Å². The Labute approximate surface area is 220 Å². The topological polar surface area (TPSA) is 129 Å². The highest BCUT2D eigenvalue weighted by Crippen LogP contribution is 2.30. The van der Waals surface area contributed by atoms with Crippen molar-refractivity contribution < 1.29 is 22.1 Å². The van der Waals surface area contributed by atoms with Crippen LogP contribution in [0.4, 0.5) is 14.6 Å². The SMILES string of the molecule is Nc1ncc(-c2ccc(S(=O)C3CCOCC3)cc2)nc1-c1nnc(-c2ccc(CNCCF)cc2F)o1. The van der Waals surface area contributed by atoms with Crippen molar-refractivity contribution in [2.24, 2.45) is 0 Å². The normalized spacial score (nSPS) is 15.0. The number of nitrogens with two attached hydrogens (primary N) is 1. The van der Waals surface area contributed by atoms with Gasteiger partial charge in [0.05, 0.1) is 28.3 Å². The summed E-state index contributed by atoms with van der Waals surface area (Å²) in [5.41, 5.74) is 8.24. The standard InChI is InChI=1S/C26H26F2N6O3S/c27-9-10-30-14-16-1-6-20(21(28)13-16)25-33-34-26(37-25)23-24(29)31-15-22(32-23)17-2-4-18(5-3-17)38(35)19-7-11-36-12-8-19/h1-6,13,15,19,30H,7-12,14H2,(H2,29,31). The lowest BCUT2D eigenvalue weighted by atomic mass is 10.1. The van der Waals surface area contributed by atoms with Gasteiger partial charge in [-0.1, -0.05) is 18.2 Å². The molecule has 0 amide bonds. The van der Waals surface area contributed by atoms with Crippen LogP contribution in [0.25, 0.3) is 34.3 Å². The van der Waals surface area contributed by atoms with Crippen molar-refractivity contribution in [2.45, 2.75) is 29.5 Å². The predicted molar refractivity (Wildman–Crippen MR) is 138 cm³/mol. The average Bonchev–Trinajstić information content (AvgIpc) is 3.43. The smallest absolute Gasteiger partial charge is 0.270 e. The van der Waals surface area contributed by atoms with Gasteiger partial charge in [-0.05, 0) is 42.7 Å². The van der Waals surface area contributed by atoms with Crippen LogP contribution < -0.4 is 11.1 Å². The molecule has 0 bridgehead atoms. The fraction of sp³-hybridized carbons (Fsp3) is 0.308. The maximum Gasteiger partial charge on any atom is 0.270 e. The number of aromatic nitrogens is 4. The monoisotopic (exact) mass is 540 g/mol. The Morgan fingerprint density at radius 3 is 2.58 bits per heavy atom. The number of hydrogen-bond donors (Lipinski definition) is 2. The van der Waals surface area contributed by atoms with Crippen LogP contribution in [0.15, 0.2) is 58.0 Å². The van der Waals surface area contributed by atoms with Crippen LogP contribution in [0.2, 0.25) is 0 Å². The number of hydrogen-bond acceptors (Lipinski definition) is 9. The first-order chi connectivity index (χ1) is 18.5. The molecule has 1 unspecified atom stereocenters. The van der Waals surface area contributed by atoms with E-state index in [2.05, 4.69) is 25.5 Å². The van der Waals surface area contributed by atoms with Crippen LogP contribution in [0.5, 0.6) is 0 Å². The first-order valence-electron chi connectivity index (χ1n) is 12.1. The number of alkyl halides is 1. The molecule has 0 saturated carbocycles. The van der Waals surface area contributed by atoms with Gasteiger partial charge in [-0.15, -0.1) is 10.2 Å². The largest absolute Gasteiger partial charge is 0.414 e. The maximum atomic E-state index is 14.7. The van der Waals surface area contributed by atoms with Crippen LogP contribution in [-0.4, -0.2) is 56.1 Å². The highest BCUT2D eigenvalue weighted by atomic mass is 32.2. The molecule has 1 fully saturated rings. The molecule has 0 radical (unpaired) electrons. The summed E-state index contributed by atoms with van der Waals surface area (Å²) in [6.07, 6.45) is 3.08. The van der Waals surface area contributed by atoms with Gasteiger partial charge in [0, 0.05) is 42.0 Å². The van der Waals surface area contributed by atoms with Gasteiger partial charge in [0.1, 0.15) is 12.5 Å². The Bertz CT molecular complexity index is 1430. The highest BCUT2D eigenvalue weighted by Gasteiger charge is 2.22. The summed E-state index contributed by atoms with van der Waals surface area (Å²) in [6, 6.07) is 11.9. The molecule has 0 aliphatic carbocycles. The molecule has 2 aromatic carbocycles. The highest BCUT2D eigenvalue weighted by molar-refractivity contribution is 7.85. The van der Waals surface area contributed by atoms with E-state index >= 15 is 0 Å². The fourth-order valence-electron chi connectivity index (χ4n) is 4.11. The van der Waals surface area contributed by atoms with Crippen molar-refractivity contribution in [1.82, 2.24) is 25.5 Å². The molecule has 5 rings (SSSR count). The van der Waals surface area contributed by atoms with Crippen LogP contribution >= 0.6 is 0 Å². The summed E-state index contributed by atoms with van der Waals surface area (Å²) in [5, 5.41) is 10.9. The molecule has 38 heavy (non-hydrogen) atoms. The Morgan fingerprint density at radius 2 is 1.84 bits per heavy atom. The van der Waals surface area contributed by atoms with E-state index in [1.807, 2.05) is 24.3 Å². The summed E-state index contributed by atoms with van der Waals surface area (Å²) in [4.78, 5) is 9.52. The summed E-state index contributed by atoms with van der Waals surface area (Å²) < 4.78 is 50.9. The fourth-order valence-corrected chi connectivity index (χ4v) is 5.52. The van der Waals surface area contributed by atoms with E-state index in [0.717, 1.165) is 23.3 Å². The molecule has 9 nitrogen and oxygen atoms in total. The van der Waals surface area contributed by atoms with Gasteiger partial charge in [-0.25, -0.2) is 18.7 Å². The molecule has 1 atom stereocenters. The van der Waals surface area contributed by atoms with Crippen LogP contribution in [0, 0.1) is 5.82 Å². The minimum atomic E-state index is -1.11. The minimum absolute atomic E-state index is 0.00261. The number of nitrogens with one attached hydrogen (secondary N) is 1. The molecule has 1 saturated heterocycles. The first kappa shape index (κ1) is 26.0. The molecule has 4 aromatic rings. The van der Waals surface area contributed by atoms with Crippen molar-refractivity contribution in [1.29, 1.82) is 0 Å². The van der Waals surface area contributed by atoms with Gasteiger partial charge in [-0.3, -0.25) is 4.21 Å². The molecule has 1 aliphatic heterocycles. The van der Waals surface area contributed by atoms with Crippen LogP contribution in [-0.2, 0) is 22.1 Å². The van der Waals surface area contributed by atoms with E-state index in [1.54, 1.807) is 6.07 Å². The minimum Gasteiger partial charge on any atom is -0.414 e. The Kier molecular flexibility index (Phi) is 8.11. The Morgan fingerprint density at radius 1 is 1.08 bits per heavy atom. The molecular formula is C26H26F2N6O3S. The Hall–Kier alpha value is -3.61. The second-order valence-electron chi connectivity index (χ2n) is 8.71. The summed E-state index contributed by atoms with van der Waals surface area (Å²) in [6.45, 7) is 1.29. The number of nitrogen functional groups attached to an aromatic ring is 1. The summed E-state index contributed by atoms with van der Waals surface area (Å²) in [5.74, 6) is -0.508. The molecule has 1 aliphatic rings. The number of halogens is 2. The zero-order valence-corrected chi connectivity index (χ0v) is 21.2. The van der Waals surface area contributed by atoms with E-state index in [0.29, 0.717) is 31.0 Å². The number of benzene rings is 2. The lowest BCUT2D eigenvalue weighted by Gasteiger charge is -2.21. The van der Waals surface area contributed by atoms with Crippen molar-refractivity contribution in [3.8, 4) is 34.3 Å². The third-order valence-electron chi connectivity index (χ3n) is 6.15. The zero-order valence-electron chi connectivity index (χ0n) is 20.4. The summed E-state index contributed by atoms with van der Waals surface area (Å²) >= 11 is 0. The number of rotatable bonds is 9. The molecule has 3 heterocycles. The Balaban J connectivity index is 1.35. The molecule has 0 spiro atoms. The van der Waals surface area contributed by atoms with Gasteiger partial charge in [-0.2, -0.15) is 0 Å². The van der Waals surface area contributed by atoms with Crippen molar-refractivity contribution in [2.75, 3.05) is 32.2 Å². The van der Waals surface area contributed by atoms with Gasteiger partial charge < -0.3 is 20.2 Å². The molecule has 12 heteroatoms. The van der Waals surface area contributed by atoms with E-state index in [4.69, 9.17) is 14.9 Å². The van der Waals surface area contributed by atoms with Gasteiger partial charge >= 0.3 is 0 Å². The molecule has 2 aromatic heterocycles. The second kappa shape index (κ2) is 11.8. The van der Waals surface area contributed by atoms with E-state index in [-0.39, 0.29) is 40.7 Å². The average molecular weight is 541 g/mol. The third kappa shape index (κ3) is 5.77. The number of nitrogens with zero attached hydrogens (tertiary/aromatic N) is 4. The predicted octanol–water partition coefficient (Wildman–Crippen LogP) is 3.93. The van der Waals surface area contributed by atoms with Gasteiger partial charge in [0.25, 0.3) is 11.8 Å².